The van der Waals surface area contributed by atoms with Crippen LogP contribution in [-0.4, -0.2) is 4.92 Å². The van der Waals surface area contributed by atoms with Gasteiger partial charge in [-0.25, -0.2) is 0 Å². The second kappa shape index (κ2) is 4.19. The molecule has 1 aromatic carbocycles. The normalized spacial score (nSPS) is 9.50. The number of halogens is 1. The van der Waals surface area contributed by atoms with E-state index in [9.17, 15) is 10.1 Å². The summed E-state index contributed by atoms with van der Waals surface area (Å²) in [5.74, 6) is 0. The highest BCUT2D eigenvalue weighted by atomic mass is 79.9. The minimum Gasteiger partial charge on any atom is -0.258 e. The van der Waals surface area contributed by atoms with Gasteiger partial charge >= 0.3 is 0 Å². The second-order valence-electron chi connectivity index (χ2n) is 2.57. The van der Waals surface area contributed by atoms with E-state index in [4.69, 9.17) is 0 Å². The Balaban J connectivity index is 3.49. The SMILES string of the molecule is C=Cc1ccc([N+](=O)[O-])c(Br)c1C=C. The summed E-state index contributed by atoms with van der Waals surface area (Å²) in [6, 6.07) is 3.08. The third kappa shape index (κ3) is 1.75. The fourth-order valence-corrected chi connectivity index (χ4v) is 1.79. The molecule has 0 radical (unpaired) electrons. The van der Waals surface area contributed by atoms with Crippen LogP contribution in [0.2, 0.25) is 0 Å². The summed E-state index contributed by atoms with van der Waals surface area (Å²) < 4.78 is 0.440. The van der Waals surface area contributed by atoms with E-state index in [0.29, 0.717) is 10.0 Å². The van der Waals surface area contributed by atoms with Gasteiger partial charge < -0.3 is 0 Å². The molecule has 1 aromatic rings. The van der Waals surface area contributed by atoms with Crippen LogP contribution in [0.25, 0.3) is 12.2 Å². The number of benzene rings is 1. The van der Waals surface area contributed by atoms with Gasteiger partial charge in [0.2, 0.25) is 0 Å². The van der Waals surface area contributed by atoms with E-state index in [1.807, 2.05) is 0 Å². The largest absolute Gasteiger partial charge is 0.284 e. The molecule has 0 unspecified atom stereocenters. The molecule has 0 aliphatic heterocycles. The van der Waals surface area contributed by atoms with Crippen molar-refractivity contribution in [1.29, 1.82) is 0 Å². The van der Waals surface area contributed by atoms with Crippen LogP contribution in [0.1, 0.15) is 11.1 Å². The Bertz CT molecular complexity index is 413. The summed E-state index contributed by atoms with van der Waals surface area (Å²) in [5.41, 5.74) is 1.54. The van der Waals surface area contributed by atoms with Gasteiger partial charge in [0.05, 0.1) is 4.92 Å². The van der Waals surface area contributed by atoms with Gasteiger partial charge in [-0.15, -0.1) is 0 Å². The molecule has 0 amide bonds. The highest BCUT2D eigenvalue weighted by Gasteiger charge is 2.15. The van der Waals surface area contributed by atoms with E-state index < -0.39 is 4.92 Å². The van der Waals surface area contributed by atoms with Crippen LogP contribution < -0.4 is 0 Å². The van der Waals surface area contributed by atoms with Crippen LogP contribution in [0.15, 0.2) is 29.8 Å². The standard InChI is InChI=1S/C10H8BrNO2/c1-3-7-5-6-9(12(13)14)10(11)8(7)4-2/h3-6H,1-2H2. The predicted octanol–water partition coefficient (Wildman–Crippen LogP) is 3.64. The van der Waals surface area contributed by atoms with Crippen molar-refractivity contribution in [3.05, 3.63) is 51.0 Å². The number of hydrogen-bond acceptors (Lipinski definition) is 2. The fraction of sp³-hybridized carbons (Fsp3) is 0. The van der Waals surface area contributed by atoms with Crippen LogP contribution in [0.3, 0.4) is 0 Å². The zero-order valence-corrected chi connectivity index (χ0v) is 8.95. The van der Waals surface area contributed by atoms with Crippen LogP contribution in [0.4, 0.5) is 5.69 Å². The summed E-state index contributed by atoms with van der Waals surface area (Å²) in [7, 11) is 0. The van der Waals surface area contributed by atoms with Gasteiger partial charge in [0.1, 0.15) is 4.47 Å². The molecule has 0 saturated heterocycles. The molecule has 0 aliphatic carbocycles. The number of nitro groups is 1. The van der Waals surface area contributed by atoms with E-state index in [0.717, 1.165) is 5.56 Å². The smallest absolute Gasteiger partial charge is 0.258 e. The van der Waals surface area contributed by atoms with Crippen molar-refractivity contribution >= 4 is 33.8 Å². The molecule has 0 atom stereocenters. The summed E-state index contributed by atoms with van der Waals surface area (Å²) in [6.07, 6.45) is 3.19. The van der Waals surface area contributed by atoms with E-state index in [1.165, 1.54) is 6.07 Å². The van der Waals surface area contributed by atoms with Crippen LogP contribution in [0, 0.1) is 10.1 Å². The Hall–Kier alpha value is -1.42. The Morgan fingerprint density at radius 3 is 2.43 bits per heavy atom. The molecule has 4 heteroatoms. The minimum atomic E-state index is -0.441. The highest BCUT2D eigenvalue weighted by molar-refractivity contribution is 9.10. The quantitative estimate of drug-likeness (QED) is 0.610. The fourth-order valence-electron chi connectivity index (χ4n) is 1.12. The maximum atomic E-state index is 10.6. The van der Waals surface area contributed by atoms with Crippen molar-refractivity contribution in [3.8, 4) is 0 Å². The third-order valence-electron chi connectivity index (χ3n) is 1.81. The van der Waals surface area contributed by atoms with Crippen LogP contribution >= 0.6 is 15.9 Å². The average molecular weight is 254 g/mol. The van der Waals surface area contributed by atoms with Gasteiger partial charge in [-0.3, -0.25) is 10.1 Å². The van der Waals surface area contributed by atoms with Gasteiger partial charge in [-0.2, -0.15) is 0 Å². The summed E-state index contributed by atoms with van der Waals surface area (Å²) in [5, 5.41) is 10.6. The first-order valence-corrected chi connectivity index (χ1v) is 4.63. The third-order valence-corrected chi connectivity index (χ3v) is 2.65. The zero-order chi connectivity index (χ0) is 10.7. The van der Waals surface area contributed by atoms with Gasteiger partial charge in [0, 0.05) is 11.6 Å². The first-order chi connectivity index (χ1) is 6.61. The van der Waals surface area contributed by atoms with Crippen molar-refractivity contribution in [2.75, 3.05) is 0 Å². The minimum absolute atomic E-state index is 0.0329. The summed E-state index contributed by atoms with van der Waals surface area (Å²) in [4.78, 5) is 10.2. The molecule has 72 valence electrons. The molecule has 0 spiro atoms. The number of nitrogens with zero attached hydrogens (tertiary/aromatic N) is 1. The average Bonchev–Trinajstić information content (AvgIpc) is 2.16. The second-order valence-corrected chi connectivity index (χ2v) is 3.36. The first kappa shape index (κ1) is 10.7. The molecule has 0 heterocycles. The van der Waals surface area contributed by atoms with Gasteiger partial charge in [0.15, 0.2) is 0 Å². The first-order valence-electron chi connectivity index (χ1n) is 3.83. The van der Waals surface area contributed by atoms with Crippen molar-refractivity contribution in [3.63, 3.8) is 0 Å². The Labute approximate surface area is 90.0 Å². The number of rotatable bonds is 3. The van der Waals surface area contributed by atoms with Crippen molar-refractivity contribution in [1.82, 2.24) is 0 Å². The maximum Gasteiger partial charge on any atom is 0.284 e. The molecule has 0 aliphatic rings. The van der Waals surface area contributed by atoms with Crippen LogP contribution in [-0.2, 0) is 0 Å². The lowest BCUT2D eigenvalue weighted by Gasteiger charge is -2.03. The molecule has 0 N–H and O–H groups in total. The molecule has 0 aromatic heterocycles. The van der Waals surface area contributed by atoms with Crippen molar-refractivity contribution < 1.29 is 4.92 Å². The van der Waals surface area contributed by atoms with Gasteiger partial charge in [-0.05, 0) is 27.6 Å². The molecular formula is C10H8BrNO2. The number of nitro benzene ring substituents is 1. The predicted molar refractivity (Wildman–Crippen MR) is 61.0 cm³/mol. The lowest BCUT2D eigenvalue weighted by atomic mass is 10.1. The Kier molecular flexibility index (Phi) is 3.19. The molecular weight excluding hydrogens is 246 g/mol. The molecule has 3 nitrogen and oxygen atoms in total. The molecule has 0 bridgehead atoms. The molecule has 14 heavy (non-hydrogen) atoms. The van der Waals surface area contributed by atoms with Gasteiger partial charge in [0.25, 0.3) is 5.69 Å². The zero-order valence-electron chi connectivity index (χ0n) is 7.37. The summed E-state index contributed by atoms with van der Waals surface area (Å²) in [6.45, 7) is 7.22. The monoisotopic (exact) mass is 253 g/mol. The number of hydrogen-bond donors (Lipinski definition) is 0. The van der Waals surface area contributed by atoms with E-state index in [2.05, 4.69) is 29.1 Å². The Morgan fingerprint density at radius 1 is 1.36 bits per heavy atom. The van der Waals surface area contributed by atoms with Crippen molar-refractivity contribution in [2.24, 2.45) is 0 Å². The molecule has 1 rings (SSSR count). The van der Waals surface area contributed by atoms with Gasteiger partial charge in [-0.1, -0.05) is 25.3 Å². The van der Waals surface area contributed by atoms with E-state index >= 15 is 0 Å². The van der Waals surface area contributed by atoms with E-state index in [-0.39, 0.29) is 5.69 Å². The Morgan fingerprint density at radius 2 is 2.00 bits per heavy atom. The lowest BCUT2D eigenvalue weighted by Crippen LogP contribution is -1.92. The van der Waals surface area contributed by atoms with Crippen LogP contribution in [0.5, 0.6) is 0 Å². The lowest BCUT2D eigenvalue weighted by molar-refractivity contribution is -0.385. The summed E-state index contributed by atoms with van der Waals surface area (Å²) >= 11 is 3.17. The highest BCUT2D eigenvalue weighted by Crippen LogP contribution is 2.32. The van der Waals surface area contributed by atoms with E-state index in [1.54, 1.807) is 18.2 Å². The topological polar surface area (TPSA) is 43.1 Å². The molecule has 0 fully saturated rings. The maximum absolute atomic E-state index is 10.6. The van der Waals surface area contributed by atoms with Crippen molar-refractivity contribution in [2.45, 2.75) is 0 Å². The molecule has 0 saturated carbocycles.